The van der Waals surface area contributed by atoms with E-state index in [1.807, 2.05) is 0 Å². The molecule has 1 spiro atoms. The lowest BCUT2D eigenvalue weighted by Crippen LogP contribution is -2.69. The van der Waals surface area contributed by atoms with Gasteiger partial charge in [-0.05, 0) is 92.7 Å². The van der Waals surface area contributed by atoms with Crippen molar-refractivity contribution in [1.82, 2.24) is 9.80 Å². The van der Waals surface area contributed by atoms with Crippen LogP contribution in [0.3, 0.4) is 0 Å². The number of benzene rings is 4. The lowest BCUT2D eigenvalue weighted by molar-refractivity contribution is -0.144. The largest absolute Gasteiger partial charge is 0.493 e. The van der Waals surface area contributed by atoms with Gasteiger partial charge in [0.2, 0.25) is 5.91 Å². The number of ketones is 1. The van der Waals surface area contributed by atoms with E-state index in [9.17, 15) is 9.59 Å². The first-order valence-corrected chi connectivity index (χ1v) is 19.5. The van der Waals surface area contributed by atoms with E-state index in [4.69, 9.17) is 9.47 Å². The molecule has 4 aromatic carbocycles. The molecule has 1 saturated heterocycles. The van der Waals surface area contributed by atoms with Crippen LogP contribution in [0.1, 0.15) is 85.6 Å². The van der Waals surface area contributed by atoms with Crippen molar-refractivity contribution in [1.29, 1.82) is 0 Å². The molecule has 6 nitrogen and oxygen atoms in total. The highest BCUT2D eigenvalue weighted by Gasteiger charge is 2.66. The summed E-state index contributed by atoms with van der Waals surface area (Å²) in [6, 6.07) is 36.5. The van der Waals surface area contributed by atoms with Crippen molar-refractivity contribution in [3.05, 3.63) is 131 Å². The van der Waals surface area contributed by atoms with E-state index < -0.39 is 0 Å². The third-order valence-electron chi connectivity index (χ3n) is 12.7. The van der Waals surface area contributed by atoms with Gasteiger partial charge in [0.1, 0.15) is 11.9 Å². The standard InChI is InChI=1S/C46H52N2O4/c1-32(49)30-47-28-27-46-38-24-25-39(45(46)52-44-41(51-2)26-23-36(43(44)46)29-40(38)47)48(42(50)22-14-4-9-17-33-15-7-3-8-16-33)31-37(34-18-10-5-11-19-34)35-20-12-6-13-21-35/h3,5-8,10-13,15-16,18-21,23,26,37-40,45H,4,9,14,17,22,24-25,27-31H2,1-2H3/t38-,39+,40+,45-,46-/m0/s1. The van der Waals surface area contributed by atoms with E-state index in [1.54, 1.807) is 14.0 Å². The lowest BCUT2D eigenvalue weighted by Gasteiger charge is -2.60. The molecular weight excluding hydrogens is 645 g/mol. The fraction of sp³-hybridized carbons (Fsp3) is 0.435. The van der Waals surface area contributed by atoms with Gasteiger partial charge in [0.25, 0.3) is 0 Å². The molecule has 2 aliphatic heterocycles. The Morgan fingerprint density at radius 3 is 2.25 bits per heavy atom. The molecule has 8 rings (SSSR count). The summed E-state index contributed by atoms with van der Waals surface area (Å²) >= 11 is 0. The highest BCUT2D eigenvalue weighted by Crippen LogP contribution is 2.64. The van der Waals surface area contributed by atoms with Crippen molar-refractivity contribution in [2.45, 2.75) is 94.2 Å². The van der Waals surface area contributed by atoms with Crippen LogP contribution in [0.4, 0.5) is 0 Å². The Morgan fingerprint density at radius 2 is 1.58 bits per heavy atom. The number of rotatable bonds is 14. The van der Waals surface area contributed by atoms with Crippen molar-refractivity contribution in [2.75, 3.05) is 26.7 Å². The third kappa shape index (κ3) is 6.33. The van der Waals surface area contributed by atoms with Crippen LogP contribution >= 0.6 is 0 Å². The number of amides is 1. The number of unbranched alkanes of at least 4 members (excludes halogenated alkanes) is 2. The van der Waals surface area contributed by atoms with Gasteiger partial charge in [0.15, 0.2) is 11.5 Å². The molecule has 1 saturated carbocycles. The van der Waals surface area contributed by atoms with Crippen LogP contribution in [-0.2, 0) is 27.8 Å². The second kappa shape index (κ2) is 14.9. The number of aryl methyl sites for hydroxylation is 1. The number of carbonyl (C=O) groups excluding carboxylic acids is 2. The minimum Gasteiger partial charge on any atom is -0.493 e. The van der Waals surface area contributed by atoms with Gasteiger partial charge in [-0.2, -0.15) is 0 Å². The maximum absolute atomic E-state index is 14.9. The van der Waals surface area contributed by atoms with Crippen molar-refractivity contribution < 1.29 is 19.1 Å². The smallest absolute Gasteiger partial charge is 0.222 e. The summed E-state index contributed by atoms with van der Waals surface area (Å²) < 4.78 is 13.2. The number of Topliss-reactive ketones (excluding diaryl/α,β-unsaturated/α-hetero) is 1. The van der Waals surface area contributed by atoms with E-state index in [0.717, 1.165) is 69.4 Å². The number of likely N-dealkylation sites (tertiary alicyclic amines) is 1. The van der Waals surface area contributed by atoms with Gasteiger partial charge in [0.05, 0.1) is 19.7 Å². The molecule has 4 aliphatic rings. The zero-order valence-electron chi connectivity index (χ0n) is 30.7. The van der Waals surface area contributed by atoms with E-state index in [2.05, 4.69) is 113 Å². The molecule has 2 heterocycles. The summed E-state index contributed by atoms with van der Waals surface area (Å²) in [5.74, 6) is 2.51. The Morgan fingerprint density at radius 1 is 0.885 bits per heavy atom. The molecule has 0 aromatic heterocycles. The van der Waals surface area contributed by atoms with Gasteiger partial charge in [-0.3, -0.25) is 14.5 Å². The zero-order valence-corrected chi connectivity index (χ0v) is 30.7. The van der Waals surface area contributed by atoms with E-state index >= 15 is 0 Å². The first kappa shape index (κ1) is 34.7. The number of methoxy groups -OCH3 is 1. The molecular formula is C46H52N2O4. The molecule has 52 heavy (non-hydrogen) atoms. The second-order valence-corrected chi connectivity index (χ2v) is 15.6. The molecule has 4 aromatic rings. The van der Waals surface area contributed by atoms with E-state index in [0.29, 0.717) is 25.4 Å². The second-order valence-electron chi connectivity index (χ2n) is 15.6. The minimum absolute atomic E-state index is 0.0325. The SMILES string of the molecule is COc1ccc2c3c1O[C@H]1[C@H](N(CC(c4ccccc4)c4ccccc4)C(=O)CCCCCc4ccccc4)CC[C@H]4[C@@H](C2)N(CC(C)=O)CC[C@@]341. The molecule has 0 unspecified atom stereocenters. The quantitative estimate of drug-likeness (QED) is 0.125. The van der Waals surface area contributed by atoms with Gasteiger partial charge >= 0.3 is 0 Å². The fourth-order valence-electron chi connectivity index (χ4n) is 10.5. The Balaban J connectivity index is 1.14. The van der Waals surface area contributed by atoms with Crippen molar-refractivity contribution in [2.24, 2.45) is 5.92 Å². The molecule has 270 valence electrons. The molecule has 1 amide bonds. The van der Waals surface area contributed by atoms with Crippen LogP contribution in [0.2, 0.25) is 0 Å². The van der Waals surface area contributed by atoms with Crippen LogP contribution in [0.15, 0.2) is 103 Å². The number of nitrogens with zero attached hydrogens (tertiary/aromatic N) is 2. The number of carbonyl (C=O) groups is 2. The Labute approximate surface area is 309 Å². The van der Waals surface area contributed by atoms with Crippen LogP contribution in [0.25, 0.3) is 0 Å². The third-order valence-corrected chi connectivity index (χ3v) is 12.7. The number of hydrogen-bond donors (Lipinski definition) is 0. The summed E-state index contributed by atoms with van der Waals surface area (Å²) in [7, 11) is 1.73. The van der Waals surface area contributed by atoms with Crippen LogP contribution in [-0.4, -0.2) is 66.4 Å². The first-order chi connectivity index (χ1) is 25.5. The summed E-state index contributed by atoms with van der Waals surface area (Å²) in [5.41, 5.74) is 6.21. The van der Waals surface area contributed by atoms with Crippen molar-refractivity contribution in [3.8, 4) is 11.5 Å². The first-order valence-electron chi connectivity index (χ1n) is 19.5. The summed E-state index contributed by atoms with van der Waals surface area (Å²) in [5, 5.41) is 0. The molecule has 6 heteroatoms. The van der Waals surface area contributed by atoms with Gasteiger partial charge in [-0.25, -0.2) is 0 Å². The van der Waals surface area contributed by atoms with Crippen LogP contribution in [0, 0.1) is 5.92 Å². The van der Waals surface area contributed by atoms with Gasteiger partial charge in [-0.1, -0.05) is 103 Å². The Hall–Kier alpha value is -4.42. The number of piperidine rings is 1. The predicted molar refractivity (Wildman–Crippen MR) is 205 cm³/mol. The van der Waals surface area contributed by atoms with Crippen LogP contribution in [0.5, 0.6) is 11.5 Å². The van der Waals surface area contributed by atoms with Crippen LogP contribution < -0.4 is 9.47 Å². The fourth-order valence-corrected chi connectivity index (χ4v) is 10.5. The van der Waals surface area contributed by atoms with Crippen molar-refractivity contribution >= 4 is 11.7 Å². The topological polar surface area (TPSA) is 59.1 Å². The van der Waals surface area contributed by atoms with Gasteiger partial charge in [-0.15, -0.1) is 0 Å². The molecule has 5 atom stereocenters. The highest BCUT2D eigenvalue weighted by molar-refractivity contribution is 5.78. The van der Waals surface area contributed by atoms with E-state index in [1.165, 1.54) is 27.8 Å². The molecule has 0 radical (unpaired) electrons. The lowest BCUT2D eigenvalue weighted by atomic mass is 9.51. The summed E-state index contributed by atoms with van der Waals surface area (Å²) in [4.78, 5) is 32.0. The summed E-state index contributed by atoms with van der Waals surface area (Å²) in [6.07, 6.45) is 8.07. The average molecular weight is 697 g/mol. The average Bonchev–Trinajstić information content (AvgIpc) is 3.52. The molecule has 2 bridgehead atoms. The maximum Gasteiger partial charge on any atom is 0.222 e. The number of hydrogen-bond acceptors (Lipinski definition) is 5. The predicted octanol–water partition coefficient (Wildman–Crippen LogP) is 8.16. The maximum atomic E-state index is 14.9. The zero-order chi connectivity index (χ0) is 35.7. The van der Waals surface area contributed by atoms with E-state index in [-0.39, 0.29) is 41.2 Å². The van der Waals surface area contributed by atoms with Gasteiger partial charge < -0.3 is 14.4 Å². The summed E-state index contributed by atoms with van der Waals surface area (Å²) in [6.45, 7) is 3.66. The normalized spacial score (nSPS) is 24.2. The monoisotopic (exact) mass is 696 g/mol. The highest BCUT2D eigenvalue weighted by atomic mass is 16.5. The van der Waals surface area contributed by atoms with Crippen molar-refractivity contribution in [3.63, 3.8) is 0 Å². The van der Waals surface area contributed by atoms with Gasteiger partial charge in [0, 0.05) is 35.9 Å². The minimum atomic E-state index is -0.221. The Kier molecular flexibility index (Phi) is 9.93. The Bertz CT molecular complexity index is 1820. The number of ether oxygens (including phenoxy) is 2. The molecule has 2 fully saturated rings. The molecule has 0 N–H and O–H groups in total. The molecule has 2 aliphatic carbocycles.